The number of aromatic nitrogens is 1. The van der Waals surface area contributed by atoms with Gasteiger partial charge in [0.15, 0.2) is 0 Å². The van der Waals surface area contributed by atoms with Gasteiger partial charge in [-0.1, -0.05) is 24.3 Å². The minimum Gasteiger partial charge on any atom is -0.399 e. The average Bonchev–Trinajstić information content (AvgIpc) is 2.80. The van der Waals surface area contributed by atoms with Crippen LogP contribution in [0.25, 0.3) is 22.5 Å². The van der Waals surface area contributed by atoms with Crippen LogP contribution in [0.4, 0.5) is 11.4 Å². The maximum atomic E-state index is 5.86. The van der Waals surface area contributed by atoms with Gasteiger partial charge in [-0.3, -0.25) is 0 Å². The predicted molar refractivity (Wildman–Crippen MR) is 85.1 cm³/mol. The van der Waals surface area contributed by atoms with Gasteiger partial charge in [-0.25, -0.2) is 0 Å². The van der Waals surface area contributed by atoms with Gasteiger partial charge in [0, 0.05) is 40.9 Å². The van der Waals surface area contributed by atoms with Crippen molar-refractivity contribution in [3.63, 3.8) is 0 Å². The fourth-order valence-electron chi connectivity index (χ4n) is 2.49. The van der Waals surface area contributed by atoms with E-state index >= 15 is 0 Å². The van der Waals surface area contributed by atoms with Crippen molar-refractivity contribution in [2.24, 2.45) is 7.05 Å². The maximum absolute atomic E-state index is 5.86. The van der Waals surface area contributed by atoms with Gasteiger partial charge < -0.3 is 16.0 Å². The van der Waals surface area contributed by atoms with Crippen molar-refractivity contribution in [2.75, 3.05) is 11.5 Å². The third kappa shape index (κ3) is 2.14. The van der Waals surface area contributed by atoms with Crippen LogP contribution in [0.15, 0.2) is 60.7 Å². The summed E-state index contributed by atoms with van der Waals surface area (Å²) in [6.07, 6.45) is 0. The highest BCUT2D eigenvalue weighted by Crippen LogP contribution is 2.29. The van der Waals surface area contributed by atoms with Gasteiger partial charge in [-0.15, -0.1) is 0 Å². The van der Waals surface area contributed by atoms with Crippen molar-refractivity contribution < 1.29 is 0 Å². The number of hydrogen-bond acceptors (Lipinski definition) is 2. The second kappa shape index (κ2) is 4.78. The molecule has 0 radical (unpaired) electrons. The van der Waals surface area contributed by atoms with Gasteiger partial charge in [0.25, 0.3) is 0 Å². The number of hydrogen-bond donors (Lipinski definition) is 2. The Hall–Kier alpha value is -2.68. The Labute approximate surface area is 118 Å². The van der Waals surface area contributed by atoms with Crippen LogP contribution in [0, 0.1) is 0 Å². The molecule has 3 rings (SSSR count). The molecule has 100 valence electrons. The summed E-state index contributed by atoms with van der Waals surface area (Å²) >= 11 is 0. The Bertz CT molecular complexity index is 693. The molecule has 1 aromatic heterocycles. The van der Waals surface area contributed by atoms with Gasteiger partial charge in [-0.05, 0) is 36.4 Å². The molecule has 0 spiro atoms. The van der Waals surface area contributed by atoms with Crippen LogP contribution in [-0.2, 0) is 7.05 Å². The molecule has 0 atom stereocenters. The van der Waals surface area contributed by atoms with Crippen LogP contribution in [-0.4, -0.2) is 4.57 Å². The van der Waals surface area contributed by atoms with E-state index < -0.39 is 0 Å². The summed E-state index contributed by atoms with van der Waals surface area (Å²) in [6.45, 7) is 0. The Morgan fingerprint density at radius 2 is 1.15 bits per heavy atom. The van der Waals surface area contributed by atoms with E-state index in [0.717, 1.165) is 33.9 Å². The minimum atomic E-state index is 0.772. The average molecular weight is 263 g/mol. The lowest BCUT2D eigenvalue weighted by Gasteiger charge is -2.09. The lowest BCUT2D eigenvalue weighted by atomic mass is 10.1. The molecule has 0 amide bonds. The molecule has 3 nitrogen and oxygen atoms in total. The Morgan fingerprint density at radius 1 is 0.700 bits per heavy atom. The molecule has 0 bridgehead atoms. The summed E-state index contributed by atoms with van der Waals surface area (Å²) in [6, 6.07) is 20.0. The van der Waals surface area contributed by atoms with Gasteiger partial charge in [0.1, 0.15) is 0 Å². The smallest absolute Gasteiger partial charge is 0.0483 e. The molecular formula is C17H17N3. The van der Waals surface area contributed by atoms with E-state index in [0.29, 0.717) is 0 Å². The molecule has 2 aromatic carbocycles. The molecule has 3 aromatic rings. The van der Waals surface area contributed by atoms with Crippen molar-refractivity contribution in [3.8, 4) is 22.5 Å². The number of rotatable bonds is 2. The second-order valence-corrected chi connectivity index (χ2v) is 4.91. The van der Waals surface area contributed by atoms with Gasteiger partial charge in [0.2, 0.25) is 0 Å². The van der Waals surface area contributed by atoms with E-state index in [4.69, 9.17) is 11.5 Å². The third-order valence-electron chi connectivity index (χ3n) is 3.49. The molecule has 1 heterocycles. The van der Waals surface area contributed by atoms with Crippen LogP contribution in [0.2, 0.25) is 0 Å². The fraction of sp³-hybridized carbons (Fsp3) is 0.0588. The fourth-order valence-corrected chi connectivity index (χ4v) is 2.49. The number of nitrogens with two attached hydrogens (primary N) is 2. The maximum Gasteiger partial charge on any atom is 0.0483 e. The standard InChI is InChI=1S/C17H17N3/c1-20-16(12-4-2-6-14(18)10-12)8-9-17(20)13-5-3-7-15(19)11-13/h2-11H,18-19H2,1H3. The molecular weight excluding hydrogens is 246 g/mol. The predicted octanol–water partition coefficient (Wildman–Crippen LogP) is 3.52. The lowest BCUT2D eigenvalue weighted by molar-refractivity contribution is 0.946. The summed E-state index contributed by atoms with van der Waals surface area (Å²) in [5, 5.41) is 0. The Balaban J connectivity index is 2.09. The first-order chi connectivity index (χ1) is 9.65. The summed E-state index contributed by atoms with van der Waals surface area (Å²) in [5.74, 6) is 0. The van der Waals surface area contributed by atoms with Crippen molar-refractivity contribution in [2.45, 2.75) is 0 Å². The third-order valence-corrected chi connectivity index (χ3v) is 3.49. The molecule has 3 heteroatoms. The molecule has 0 fully saturated rings. The van der Waals surface area contributed by atoms with Crippen molar-refractivity contribution in [3.05, 3.63) is 60.7 Å². The summed E-state index contributed by atoms with van der Waals surface area (Å²) in [7, 11) is 2.05. The largest absolute Gasteiger partial charge is 0.399 e. The Morgan fingerprint density at radius 3 is 1.55 bits per heavy atom. The normalized spacial score (nSPS) is 10.7. The highest BCUT2D eigenvalue weighted by atomic mass is 15.0. The first-order valence-electron chi connectivity index (χ1n) is 6.53. The first kappa shape index (κ1) is 12.4. The van der Waals surface area contributed by atoms with E-state index in [9.17, 15) is 0 Å². The van der Waals surface area contributed by atoms with Crippen molar-refractivity contribution >= 4 is 11.4 Å². The number of benzene rings is 2. The van der Waals surface area contributed by atoms with Gasteiger partial charge in [0.05, 0.1) is 0 Å². The minimum absolute atomic E-state index is 0.772. The molecule has 0 aliphatic rings. The Kier molecular flexibility index (Phi) is 2.95. The molecule has 0 aliphatic heterocycles. The van der Waals surface area contributed by atoms with E-state index in [2.05, 4.69) is 35.9 Å². The van der Waals surface area contributed by atoms with Crippen LogP contribution in [0.1, 0.15) is 0 Å². The van der Waals surface area contributed by atoms with Crippen molar-refractivity contribution in [1.29, 1.82) is 0 Å². The first-order valence-corrected chi connectivity index (χ1v) is 6.53. The van der Waals surface area contributed by atoms with Gasteiger partial charge >= 0.3 is 0 Å². The zero-order valence-electron chi connectivity index (χ0n) is 11.4. The zero-order chi connectivity index (χ0) is 14.1. The molecule has 20 heavy (non-hydrogen) atoms. The van der Waals surface area contributed by atoms with E-state index in [1.54, 1.807) is 0 Å². The SMILES string of the molecule is Cn1c(-c2cccc(N)c2)ccc1-c1cccc(N)c1. The van der Waals surface area contributed by atoms with Crippen LogP contribution in [0.5, 0.6) is 0 Å². The summed E-state index contributed by atoms with van der Waals surface area (Å²) in [5.41, 5.74) is 17.8. The highest BCUT2D eigenvalue weighted by Gasteiger charge is 2.09. The monoisotopic (exact) mass is 263 g/mol. The molecule has 4 N–H and O–H groups in total. The van der Waals surface area contributed by atoms with E-state index in [1.807, 2.05) is 36.4 Å². The quantitative estimate of drug-likeness (QED) is 0.695. The summed E-state index contributed by atoms with van der Waals surface area (Å²) in [4.78, 5) is 0. The topological polar surface area (TPSA) is 57.0 Å². The van der Waals surface area contributed by atoms with E-state index in [-0.39, 0.29) is 0 Å². The van der Waals surface area contributed by atoms with E-state index in [1.165, 1.54) is 0 Å². The second-order valence-electron chi connectivity index (χ2n) is 4.91. The number of anilines is 2. The number of nitrogens with zero attached hydrogens (tertiary/aromatic N) is 1. The molecule has 0 saturated heterocycles. The molecule has 0 unspecified atom stereocenters. The molecule has 0 aliphatic carbocycles. The highest BCUT2D eigenvalue weighted by molar-refractivity contribution is 5.72. The lowest BCUT2D eigenvalue weighted by Crippen LogP contribution is -1.96. The van der Waals surface area contributed by atoms with Crippen LogP contribution >= 0.6 is 0 Å². The molecule has 0 saturated carbocycles. The van der Waals surface area contributed by atoms with Crippen LogP contribution < -0.4 is 11.5 Å². The van der Waals surface area contributed by atoms with Gasteiger partial charge in [-0.2, -0.15) is 0 Å². The van der Waals surface area contributed by atoms with Crippen molar-refractivity contribution in [1.82, 2.24) is 4.57 Å². The summed E-state index contributed by atoms with van der Waals surface area (Å²) < 4.78 is 2.16. The zero-order valence-corrected chi connectivity index (χ0v) is 11.4. The van der Waals surface area contributed by atoms with Crippen LogP contribution in [0.3, 0.4) is 0 Å². The number of nitrogen functional groups attached to an aromatic ring is 2.